The van der Waals surface area contributed by atoms with E-state index < -0.39 is 40.3 Å². The molecule has 1 fully saturated rings. The predicted octanol–water partition coefficient (Wildman–Crippen LogP) is 4.84. The van der Waals surface area contributed by atoms with Gasteiger partial charge in [-0.1, -0.05) is 72.3 Å². The van der Waals surface area contributed by atoms with Crippen molar-refractivity contribution in [1.82, 2.24) is 14.5 Å². The van der Waals surface area contributed by atoms with Crippen LogP contribution in [0.15, 0.2) is 108 Å². The minimum atomic E-state index is -3.70. The number of benzene rings is 4. The van der Waals surface area contributed by atoms with Crippen LogP contribution in [-0.4, -0.2) is 68.4 Å². The van der Waals surface area contributed by atoms with Crippen LogP contribution in [0, 0.1) is 5.82 Å². The van der Waals surface area contributed by atoms with Crippen molar-refractivity contribution in [3.05, 3.63) is 131 Å². The highest BCUT2D eigenvalue weighted by atomic mass is 35.5. The average molecular weight is 680 g/mol. The van der Waals surface area contributed by atoms with Crippen LogP contribution in [-0.2, 0) is 43.9 Å². The van der Waals surface area contributed by atoms with Crippen LogP contribution in [0.3, 0.4) is 0 Å². The maximum atomic E-state index is 13.9. The lowest BCUT2D eigenvalue weighted by Crippen LogP contribution is -2.51. The molecule has 0 bridgehead atoms. The summed E-state index contributed by atoms with van der Waals surface area (Å²) in [6, 6.07) is 27.1. The van der Waals surface area contributed by atoms with Gasteiger partial charge in [-0.05, 0) is 59.2 Å². The van der Waals surface area contributed by atoms with Crippen molar-refractivity contribution in [2.24, 2.45) is 0 Å². The van der Waals surface area contributed by atoms with Gasteiger partial charge >= 0.3 is 0 Å². The predicted molar refractivity (Wildman–Crippen MR) is 176 cm³/mol. The maximum absolute atomic E-state index is 13.9. The standard InChI is InChI=1S/C35H35ClFN3O6S/c36-32-9-5-4-8-28(32)23-38-35(42)33(22-26-6-2-1-3-7-26)40(24-27-10-12-29(37)13-11-27)34(41)25-46-30-14-16-31(17-15-30)47(43,44)39-18-20-45-21-19-39/h1-17,33H,18-25H2,(H,38,42). The fourth-order valence-corrected chi connectivity index (χ4v) is 6.76. The zero-order chi connectivity index (χ0) is 33.2. The number of hydrogen-bond acceptors (Lipinski definition) is 6. The van der Waals surface area contributed by atoms with Gasteiger partial charge in [-0.15, -0.1) is 0 Å². The molecule has 2 amide bonds. The SMILES string of the molecule is O=C(NCc1ccccc1Cl)C(Cc1ccccc1)N(Cc1ccc(F)cc1)C(=O)COc1ccc(S(=O)(=O)N2CCOCC2)cc1. The summed E-state index contributed by atoms with van der Waals surface area (Å²) >= 11 is 6.32. The van der Waals surface area contributed by atoms with Crippen LogP contribution in [0.25, 0.3) is 0 Å². The second-order valence-corrected chi connectivity index (χ2v) is 13.3. The molecule has 5 rings (SSSR count). The van der Waals surface area contributed by atoms with Crippen molar-refractivity contribution in [2.75, 3.05) is 32.9 Å². The van der Waals surface area contributed by atoms with Crippen molar-refractivity contribution in [1.29, 1.82) is 0 Å². The van der Waals surface area contributed by atoms with E-state index in [0.29, 0.717) is 23.8 Å². The molecule has 1 N–H and O–H groups in total. The van der Waals surface area contributed by atoms with Crippen LogP contribution in [0.5, 0.6) is 5.75 Å². The second-order valence-electron chi connectivity index (χ2n) is 10.9. The maximum Gasteiger partial charge on any atom is 0.261 e. The highest BCUT2D eigenvalue weighted by molar-refractivity contribution is 7.89. The Hall–Kier alpha value is -4.29. The van der Waals surface area contributed by atoms with E-state index in [1.54, 1.807) is 24.3 Å². The molecule has 0 spiro atoms. The number of carbonyl (C=O) groups is 2. The fourth-order valence-electron chi connectivity index (χ4n) is 5.15. The van der Waals surface area contributed by atoms with Gasteiger partial charge in [0.1, 0.15) is 17.6 Å². The molecule has 1 aliphatic heterocycles. The molecular formula is C35H35ClFN3O6S. The van der Waals surface area contributed by atoms with Crippen molar-refractivity contribution in [3.8, 4) is 5.75 Å². The van der Waals surface area contributed by atoms with Crippen molar-refractivity contribution in [3.63, 3.8) is 0 Å². The summed E-state index contributed by atoms with van der Waals surface area (Å²) in [5.41, 5.74) is 2.18. The third-order valence-corrected chi connectivity index (χ3v) is 10.0. The number of rotatable bonds is 13. The molecule has 47 heavy (non-hydrogen) atoms. The van der Waals surface area contributed by atoms with Gasteiger partial charge in [0.05, 0.1) is 18.1 Å². The normalized spacial score (nSPS) is 14.3. The minimum absolute atomic E-state index is 0.0101. The summed E-state index contributed by atoms with van der Waals surface area (Å²) in [4.78, 5) is 29.3. The summed E-state index contributed by atoms with van der Waals surface area (Å²) in [6.07, 6.45) is 0.205. The Bertz CT molecular complexity index is 1750. The molecule has 12 heteroatoms. The number of carbonyl (C=O) groups excluding carboxylic acids is 2. The van der Waals surface area contributed by atoms with Crippen molar-refractivity contribution in [2.45, 2.75) is 30.4 Å². The van der Waals surface area contributed by atoms with E-state index in [1.165, 1.54) is 45.6 Å². The van der Waals surface area contributed by atoms with Gasteiger partial charge < -0.3 is 19.7 Å². The lowest BCUT2D eigenvalue weighted by Gasteiger charge is -2.31. The quantitative estimate of drug-likeness (QED) is 0.217. The Kier molecular flexibility index (Phi) is 11.6. The molecule has 0 aromatic heterocycles. The van der Waals surface area contributed by atoms with Crippen LogP contribution >= 0.6 is 11.6 Å². The Morgan fingerprint density at radius 2 is 1.55 bits per heavy atom. The Morgan fingerprint density at radius 1 is 0.894 bits per heavy atom. The molecule has 0 radical (unpaired) electrons. The number of morpholine rings is 1. The van der Waals surface area contributed by atoms with Gasteiger partial charge in [0.2, 0.25) is 15.9 Å². The van der Waals surface area contributed by atoms with Gasteiger partial charge in [0, 0.05) is 37.6 Å². The fraction of sp³-hybridized carbons (Fsp3) is 0.257. The molecule has 1 heterocycles. The van der Waals surface area contributed by atoms with Gasteiger partial charge in [-0.3, -0.25) is 9.59 Å². The van der Waals surface area contributed by atoms with Crippen molar-refractivity contribution >= 4 is 33.4 Å². The van der Waals surface area contributed by atoms with E-state index >= 15 is 0 Å². The number of nitrogens with one attached hydrogen (secondary N) is 1. The van der Waals surface area contributed by atoms with E-state index in [2.05, 4.69) is 5.32 Å². The Morgan fingerprint density at radius 3 is 2.23 bits per heavy atom. The summed E-state index contributed by atoms with van der Waals surface area (Å²) in [5, 5.41) is 3.43. The van der Waals surface area contributed by atoms with Crippen LogP contribution in [0.4, 0.5) is 4.39 Å². The highest BCUT2D eigenvalue weighted by Crippen LogP contribution is 2.22. The minimum Gasteiger partial charge on any atom is -0.484 e. The molecule has 1 unspecified atom stereocenters. The number of amides is 2. The van der Waals surface area contributed by atoms with E-state index in [9.17, 15) is 22.4 Å². The number of hydrogen-bond donors (Lipinski definition) is 1. The van der Waals surface area contributed by atoms with E-state index in [-0.39, 0.29) is 43.2 Å². The van der Waals surface area contributed by atoms with Crippen molar-refractivity contribution < 1.29 is 31.9 Å². The van der Waals surface area contributed by atoms with Gasteiger partial charge in [0.15, 0.2) is 6.61 Å². The number of nitrogens with zero attached hydrogens (tertiary/aromatic N) is 2. The van der Waals surface area contributed by atoms with E-state index in [1.807, 2.05) is 42.5 Å². The summed E-state index contributed by atoms with van der Waals surface area (Å²) < 4.78 is 52.2. The third-order valence-electron chi connectivity index (χ3n) is 7.74. The molecule has 246 valence electrons. The van der Waals surface area contributed by atoms with Gasteiger partial charge in [0.25, 0.3) is 5.91 Å². The first kappa shape index (κ1) is 34.1. The van der Waals surface area contributed by atoms with E-state index in [4.69, 9.17) is 21.1 Å². The molecule has 0 aliphatic carbocycles. The second kappa shape index (κ2) is 16.0. The molecular weight excluding hydrogens is 645 g/mol. The summed E-state index contributed by atoms with van der Waals surface area (Å²) in [6.45, 7) is 0.944. The molecule has 1 saturated heterocycles. The lowest BCUT2D eigenvalue weighted by molar-refractivity contribution is -0.142. The first-order valence-corrected chi connectivity index (χ1v) is 16.9. The van der Waals surface area contributed by atoms with Gasteiger partial charge in [-0.25, -0.2) is 12.8 Å². The molecule has 9 nitrogen and oxygen atoms in total. The Balaban J connectivity index is 1.36. The third kappa shape index (κ3) is 9.17. The zero-order valence-electron chi connectivity index (χ0n) is 25.6. The van der Waals surface area contributed by atoms with Crippen LogP contribution in [0.2, 0.25) is 5.02 Å². The number of halogens is 2. The van der Waals surface area contributed by atoms with E-state index in [0.717, 1.165) is 11.1 Å². The zero-order valence-corrected chi connectivity index (χ0v) is 27.1. The first-order valence-electron chi connectivity index (χ1n) is 15.1. The molecule has 1 atom stereocenters. The monoisotopic (exact) mass is 679 g/mol. The smallest absolute Gasteiger partial charge is 0.261 e. The largest absolute Gasteiger partial charge is 0.484 e. The highest BCUT2D eigenvalue weighted by Gasteiger charge is 2.31. The summed E-state index contributed by atoms with van der Waals surface area (Å²) in [5.74, 6) is -1.04. The molecule has 4 aromatic rings. The lowest BCUT2D eigenvalue weighted by atomic mass is 10.0. The van der Waals surface area contributed by atoms with Gasteiger partial charge in [-0.2, -0.15) is 4.31 Å². The molecule has 0 saturated carbocycles. The number of ether oxygens (including phenoxy) is 2. The first-order chi connectivity index (χ1) is 22.7. The Labute approximate surface area is 278 Å². The molecule has 4 aromatic carbocycles. The summed E-state index contributed by atoms with van der Waals surface area (Å²) in [7, 11) is -3.70. The number of sulfonamides is 1. The molecule has 1 aliphatic rings. The van der Waals surface area contributed by atoms with Crippen LogP contribution < -0.4 is 10.1 Å². The van der Waals surface area contributed by atoms with Crippen LogP contribution in [0.1, 0.15) is 16.7 Å². The topological polar surface area (TPSA) is 105 Å². The average Bonchev–Trinajstić information content (AvgIpc) is 3.10.